The highest BCUT2D eigenvalue weighted by atomic mass is 32.1. The van der Waals surface area contributed by atoms with Crippen molar-refractivity contribution in [1.29, 1.82) is 0 Å². The van der Waals surface area contributed by atoms with Crippen LogP contribution in [0.2, 0.25) is 0 Å². The Balaban J connectivity index is 1.02. The van der Waals surface area contributed by atoms with Crippen LogP contribution in [0.4, 0.5) is 5.69 Å². The Kier molecular flexibility index (Phi) is 8.90. The molecule has 2 unspecified atom stereocenters. The van der Waals surface area contributed by atoms with Crippen molar-refractivity contribution in [3.05, 3.63) is 191 Å². The summed E-state index contributed by atoms with van der Waals surface area (Å²) in [6.45, 7) is 6.85. The Labute approximate surface area is 327 Å². The van der Waals surface area contributed by atoms with Crippen LogP contribution in [0.15, 0.2) is 169 Å². The number of allylic oxidation sites excluding steroid dienone is 5. The zero-order valence-electron chi connectivity index (χ0n) is 31.5. The number of pyridine rings is 2. The smallest absolute Gasteiger partial charge is 0.105 e. The van der Waals surface area contributed by atoms with E-state index in [-0.39, 0.29) is 11.3 Å². The van der Waals surface area contributed by atoms with Crippen LogP contribution < -0.4 is 5.73 Å². The van der Waals surface area contributed by atoms with Crippen molar-refractivity contribution < 1.29 is 0 Å². The summed E-state index contributed by atoms with van der Waals surface area (Å²) in [4.78, 5) is 16.0. The highest BCUT2D eigenvalue weighted by Gasteiger charge is 2.34. The number of fused-ring (bicyclic) bond motifs is 2. The number of nitrogen functional groups attached to an aromatic ring is 1. The van der Waals surface area contributed by atoms with Crippen LogP contribution >= 0.6 is 11.3 Å². The van der Waals surface area contributed by atoms with Crippen molar-refractivity contribution in [3.63, 3.8) is 0 Å². The highest BCUT2D eigenvalue weighted by Crippen LogP contribution is 2.50. The molecule has 2 aliphatic rings. The van der Waals surface area contributed by atoms with Gasteiger partial charge < -0.3 is 5.73 Å². The van der Waals surface area contributed by atoms with E-state index in [9.17, 15) is 0 Å². The van der Waals surface area contributed by atoms with Gasteiger partial charge in [0.2, 0.25) is 0 Å². The van der Waals surface area contributed by atoms with Gasteiger partial charge in [0.25, 0.3) is 0 Å². The normalized spacial score (nSPS) is 20.2. The minimum atomic E-state index is -0.500. The fourth-order valence-electron chi connectivity index (χ4n) is 8.54. The molecule has 55 heavy (non-hydrogen) atoms. The maximum absolute atomic E-state index is 6.98. The SMILES string of the molecule is CC[C@H](C1=CCC(C)(c2ccc(C3=CC(c4ccccn4)=NC(C)(c4ccccn4)C3)cc2)C=C1)c1sc2ccccc2c1-c1ccc2ccccc2c1N. The van der Waals surface area contributed by atoms with Crippen LogP contribution in [-0.4, -0.2) is 15.7 Å². The summed E-state index contributed by atoms with van der Waals surface area (Å²) in [6, 6.07) is 42.9. The average molecular weight is 733 g/mol. The second-order valence-electron chi connectivity index (χ2n) is 15.3. The summed E-state index contributed by atoms with van der Waals surface area (Å²) in [5, 5.41) is 3.56. The van der Waals surface area contributed by atoms with Gasteiger partial charge in [-0.15, -0.1) is 11.3 Å². The lowest BCUT2D eigenvalue weighted by Crippen LogP contribution is -2.27. The van der Waals surface area contributed by atoms with Crippen LogP contribution in [0.1, 0.15) is 73.3 Å². The van der Waals surface area contributed by atoms with Crippen molar-refractivity contribution in [2.45, 2.75) is 56.9 Å². The van der Waals surface area contributed by atoms with Crippen molar-refractivity contribution >= 4 is 49.2 Å². The molecule has 1 aliphatic heterocycles. The number of aromatic nitrogens is 2. The molecular weight excluding hydrogens is 689 g/mol. The molecule has 4 aromatic carbocycles. The fourth-order valence-corrected chi connectivity index (χ4v) is 9.97. The molecule has 3 atom stereocenters. The number of rotatable bonds is 8. The molecule has 3 aromatic heterocycles. The molecular formula is C50H44N4S. The predicted molar refractivity (Wildman–Crippen MR) is 233 cm³/mol. The average Bonchev–Trinajstić information content (AvgIpc) is 3.61. The number of anilines is 1. The van der Waals surface area contributed by atoms with E-state index in [1.807, 2.05) is 54.1 Å². The number of dihydropyridines is 1. The molecule has 9 rings (SSSR count). The number of hydrogen-bond donors (Lipinski definition) is 1. The predicted octanol–water partition coefficient (Wildman–Crippen LogP) is 12.6. The number of aliphatic imine (C=N–C) groups is 1. The molecule has 4 heterocycles. The van der Waals surface area contributed by atoms with Crippen LogP contribution in [0.5, 0.6) is 0 Å². The summed E-state index contributed by atoms with van der Waals surface area (Å²) in [5.41, 5.74) is 17.5. The van der Waals surface area contributed by atoms with Gasteiger partial charge in [0.15, 0.2) is 0 Å². The summed E-state index contributed by atoms with van der Waals surface area (Å²) in [5.74, 6) is 0.267. The van der Waals surface area contributed by atoms with Gasteiger partial charge in [-0.3, -0.25) is 15.0 Å². The second kappa shape index (κ2) is 14.1. The summed E-state index contributed by atoms with van der Waals surface area (Å²) in [6.07, 6.45) is 15.9. The van der Waals surface area contributed by atoms with Gasteiger partial charge >= 0.3 is 0 Å². The molecule has 5 heteroatoms. The van der Waals surface area contributed by atoms with Crippen LogP contribution in [0, 0.1) is 0 Å². The third-order valence-electron chi connectivity index (χ3n) is 11.7. The summed E-state index contributed by atoms with van der Waals surface area (Å²) < 4.78 is 1.30. The van der Waals surface area contributed by atoms with Crippen molar-refractivity contribution in [2.75, 3.05) is 5.73 Å². The third kappa shape index (κ3) is 6.32. The Morgan fingerprint density at radius 3 is 2.25 bits per heavy atom. The van der Waals surface area contributed by atoms with Gasteiger partial charge in [-0.2, -0.15) is 0 Å². The van der Waals surface area contributed by atoms with Crippen molar-refractivity contribution in [3.8, 4) is 11.1 Å². The molecule has 270 valence electrons. The van der Waals surface area contributed by atoms with E-state index >= 15 is 0 Å². The van der Waals surface area contributed by atoms with Crippen molar-refractivity contribution in [1.82, 2.24) is 9.97 Å². The zero-order chi connectivity index (χ0) is 37.6. The monoisotopic (exact) mass is 732 g/mol. The first kappa shape index (κ1) is 34.8. The Bertz CT molecular complexity index is 2670. The Morgan fingerprint density at radius 1 is 0.782 bits per heavy atom. The zero-order valence-corrected chi connectivity index (χ0v) is 32.4. The standard InChI is InChI=1S/C50H44N4S/c1-4-38(48-46(40-15-7-8-17-44(40)55-48)41-24-21-34-13-5-6-14-39(34)47(41)51)35-25-27-49(2,28-26-35)37-22-19-33(20-23-37)36-31-43(42-16-9-11-29-52-42)54-50(3,32-36)45-18-10-12-30-53-45/h5-27,29-31,38H,4,28,32,51H2,1-3H3/t38-,49?,50?/m1/s1. The topological polar surface area (TPSA) is 64.2 Å². The van der Waals surface area contributed by atoms with Gasteiger partial charge in [0.1, 0.15) is 5.54 Å². The minimum Gasteiger partial charge on any atom is -0.398 e. The number of nitrogens with zero attached hydrogens (tertiary/aromatic N) is 3. The van der Waals surface area contributed by atoms with Crippen LogP contribution in [-0.2, 0) is 11.0 Å². The van der Waals surface area contributed by atoms with E-state index in [1.54, 1.807) is 0 Å². The number of hydrogen-bond acceptors (Lipinski definition) is 5. The first-order valence-electron chi connectivity index (χ1n) is 19.3. The summed E-state index contributed by atoms with van der Waals surface area (Å²) >= 11 is 1.92. The fraction of sp³-hybridized carbons (Fsp3) is 0.180. The molecule has 0 saturated heterocycles. The van der Waals surface area contributed by atoms with Crippen LogP contribution in [0.25, 0.3) is 37.6 Å². The molecule has 0 radical (unpaired) electrons. The van der Waals surface area contributed by atoms with Gasteiger partial charge in [-0.1, -0.05) is 123 Å². The molecule has 0 fully saturated rings. The quantitative estimate of drug-likeness (QED) is 0.158. The molecule has 1 aliphatic carbocycles. The molecule has 0 spiro atoms. The van der Waals surface area contributed by atoms with Gasteiger partial charge in [0, 0.05) is 67.3 Å². The number of nitrogens with two attached hydrogens (primary N) is 1. The van der Waals surface area contributed by atoms with E-state index in [0.717, 1.165) is 53.0 Å². The van der Waals surface area contributed by atoms with E-state index in [4.69, 9.17) is 15.7 Å². The maximum Gasteiger partial charge on any atom is 0.105 e. The lowest BCUT2D eigenvalue weighted by atomic mass is 9.73. The largest absolute Gasteiger partial charge is 0.398 e. The third-order valence-corrected chi connectivity index (χ3v) is 13.0. The van der Waals surface area contributed by atoms with Crippen LogP contribution in [0.3, 0.4) is 0 Å². The van der Waals surface area contributed by atoms with E-state index in [2.05, 4.69) is 141 Å². The molecule has 2 N–H and O–H groups in total. The molecule has 0 bridgehead atoms. The highest BCUT2D eigenvalue weighted by molar-refractivity contribution is 7.19. The molecule has 7 aromatic rings. The van der Waals surface area contributed by atoms with E-state index < -0.39 is 5.54 Å². The summed E-state index contributed by atoms with van der Waals surface area (Å²) in [7, 11) is 0. The van der Waals surface area contributed by atoms with Gasteiger partial charge in [-0.05, 0) is 83.8 Å². The lowest BCUT2D eigenvalue weighted by molar-refractivity contribution is 0.493. The molecule has 0 amide bonds. The number of thiophene rings is 1. The molecule has 0 saturated carbocycles. The first-order valence-corrected chi connectivity index (χ1v) is 20.1. The second-order valence-corrected chi connectivity index (χ2v) is 16.4. The molecule has 4 nitrogen and oxygen atoms in total. The Morgan fingerprint density at radius 2 is 1.53 bits per heavy atom. The number of benzene rings is 4. The minimum absolute atomic E-state index is 0.115. The maximum atomic E-state index is 6.98. The van der Waals surface area contributed by atoms with Gasteiger partial charge in [-0.25, -0.2) is 0 Å². The lowest BCUT2D eigenvalue weighted by Gasteiger charge is -2.32. The van der Waals surface area contributed by atoms with Gasteiger partial charge in [0.05, 0.1) is 17.1 Å². The van der Waals surface area contributed by atoms with E-state index in [0.29, 0.717) is 0 Å². The van der Waals surface area contributed by atoms with E-state index in [1.165, 1.54) is 48.2 Å². The van der Waals surface area contributed by atoms with Crippen molar-refractivity contribution in [2.24, 2.45) is 4.99 Å². The Hall–Kier alpha value is -5.91. The first-order chi connectivity index (χ1) is 26.8.